The number of hydrogen-bond acceptors (Lipinski definition) is 4. The third-order valence-corrected chi connectivity index (χ3v) is 6.04. The van der Waals surface area contributed by atoms with Crippen molar-refractivity contribution in [3.63, 3.8) is 0 Å². The molecule has 2 fully saturated rings. The number of aryl methyl sites for hydroxylation is 1. The van der Waals surface area contributed by atoms with Crippen LogP contribution in [-0.2, 0) is 9.53 Å². The first kappa shape index (κ1) is 18.6. The van der Waals surface area contributed by atoms with Crippen molar-refractivity contribution in [3.8, 4) is 0 Å². The van der Waals surface area contributed by atoms with E-state index in [0.29, 0.717) is 37.6 Å². The van der Waals surface area contributed by atoms with Gasteiger partial charge >= 0.3 is 0 Å². The lowest BCUT2D eigenvalue weighted by molar-refractivity contribution is -0.124. The maximum atomic E-state index is 13.2. The summed E-state index contributed by atoms with van der Waals surface area (Å²) >= 11 is 0. The maximum absolute atomic E-state index is 13.2. The second kappa shape index (κ2) is 7.72. The quantitative estimate of drug-likeness (QED) is 0.890. The zero-order valence-electron chi connectivity index (χ0n) is 16.1. The Morgan fingerprint density at radius 3 is 2.68 bits per heavy atom. The zero-order valence-corrected chi connectivity index (χ0v) is 16.1. The number of nitrogens with one attached hydrogen (secondary N) is 1. The van der Waals surface area contributed by atoms with E-state index in [1.54, 1.807) is 18.5 Å². The molecule has 6 heteroatoms. The van der Waals surface area contributed by atoms with Crippen molar-refractivity contribution >= 4 is 17.5 Å². The van der Waals surface area contributed by atoms with E-state index in [-0.39, 0.29) is 23.1 Å². The summed E-state index contributed by atoms with van der Waals surface area (Å²) in [4.78, 5) is 32.2. The number of anilines is 1. The SMILES string of the molecule is Cc1ccccc1C(=O)N1C[C@H](C(=O)Nc2cccnc2)C2(CCOCC2)C1. The highest BCUT2D eigenvalue weighted by Crippen LogP contribution is 2.45. The molecule has 28 heavy (non-hydrogen) atoms. The van der Waals surface area contributed by atoms with E-state index in [9.17, 15) is 9.59 Å². The Morgan fingerprint density at radius 1 is 1.18 bits per heavy atom. The summed E-state index contributed by atoms with van der Waals surface area (Å²) in [6, 6.07) is 11.2. The topological polar surface area (TPSA) is 71.5 Å². The number of hydrogen-bond donors (Lipinski definition) is 1. The number of carbonyl (C=O) groups excluding carboxylic acids is 2. The van der Waals surface area contributed by atoms with Gasteiger partial charge < -0.3 is 15.0 Å². The molecule has 0 unspecified atom stereocenters. The van der Waals surface area contributed by atoms with Crippen molar-refractivity contribution in [1.29, 1.82) is 0 Å². The predicted octanol–water partition coefficient (Wildman–Crippen LogP) is 2.90. The Morgan fingerprint density at radius 2 is 1.96 bits per heavy atom. The monoisotopic (exact) mass is 379 g/mol. The lowest BCUT2D eigenvalue weighted by atomic mass is 9.71. The van der Waals surface area contributed by atoms with Crippen LogP contribution in [0.25, 0.3) is 0 Å². The molecule has 0 aliphatic carbocycles. The van der Waals surface area contributed by atoms with E-state index in [0.717, 1.165) is 18.4 Å². The summed E-state index contributed by atoms with van der Waals surface area (Å²) in [6.07, 6.45) is 4.89. The van der Waals surface area contributed by atoms with E-state index in [2.05, 4.69) is 10.3 Å². The summed E-state index contributed by atoms with van der Waals surface area (Å²) in [6.45, 7) is 4.22. The fourth-order valence-corrected chi connectivity index (χ4v) is 4.42. The first-order valence-electron chi connectivity index (χ1n) is 9.73. The lowest BCUT2D eigenvalue weighted by Gasteiger charge is -2.37. The lowest BCUT2D eigenvalue weighted by Crippen LogP contribution is -2.42. The van der Waals surface area contributed by atoms with Gasteiger partial charge in [-0.2, -0.15) is 0 Å². The van der Waals surface area contributed by atoms with Crippen molar-refractivity contribution in [2.45, 2.75) is 19.8 Å². The molecule has 1 N–H and O–H groups in total. The number of likely N-dealkylation sites (tertiary alicyclic amines) is 1. The van der Waals surface area contributed by atoms with E-state index < -0.39 is 0 Å². The average molecular weight is 379 g/mol. The molecule has 0 saturated carbocycles. The van der Waals surface area contributed by atoms with Crippen LogP contribution < -0.4 is 5.32 Å². The molecule has 1 spiro atoms. The summed E-state index contributed by atoms with van der Waals surface area (Å²) in [7, 11) is 0. The number of aromatic nitrogens is 1. The molecule has 0 bridgehead atoms. The maximum Gasteiger partial charge on any atom is 0.254 e. The van der Waals surface area contributed by atoms with Gasteiger partial charge in [0.2, 0.25) is 5.91 Å². The third kappa shape index (κ3) is 3.52. The van der Waals surface area contributed by atoms with Crippen LogP contribution in [0.3, 0.4) is 0 Å². The molecular formula is C22H25N3O3. The second-order valence-corrected chi connectivity index (χ2v) is 7.76. The molecule has 2 amide bonds. The van der Waals surface area contributed by atoms with Gasteiger partial charge in [0.25, 0.3) is 5.91 Å². The summed E-state index contributed by atoms with van der Waals surface area (Å²) in [5.74, 6) is -0.305. The van der Waals surface area contributed by atoms with Crippen LogP contribution in [0.1, 0.15) is 28.8 Å². The van der Waals surface area contributed by atoms with Crippen molar-refractivity contribution in [2.24, 2.45) is 11.3 Å². The van der Waals surface area contributed by atoms with Gasteiger partial charge in [-0.3, -0.25) is 14.6 Å². The molecule has 4 rings (SSSR count). The normalized spacial score (nSPS) is 20.9. The van der Waals surface area contributed by atoms with E-state index >= 15 is 0 Å². The van der Waals surface area contributed by atoms with Gasteiger partial charge in [-0.15, -0.1) is 0 Å². The number of nitrogens with zero attached hydrogens (tertiary/aromatic N) is 2. The molecule has 1 atom stereocenters. The minimum Gasteiger partial charge on any atom is -0.381 e. The van der Waals surface area contributed by atoms with Gasteiger partial charge in [-0.1, -0.05) is 18.2 Å². The molecule has 2 aliphatic heterocycles. The third-order valence-electron chi connectivity index (χ3n) is 6.04. The fourth-order valence-electron chi connectivity index (χ4n) is 4.42. The average Bonchev–Trinajstić information content (AvgIpc) is 3.08. The molecule has 6 nitrogen and oxygen atoms in total. The highest BCUT2D eigenvalue weighted by atomic mass is 16.5. The standard InChI is InChI=1S/C22H25N3O3/c1-16-5-2-3-7-18(16)21(27)25-14-19(22(15-25)8-11-28-12-9-22)20(26)24-17-6-4-10-23-13-17/h2-7,10,13,19H,8-9,11-12,14-15H2,1H3,(H,24,26)/t19-/m1/s1. The van der Waals surface area contributed by atoms with Gasteiger partial charge in [-0.05, 0) is 43.5 Å². The Balaban J connectivity index is 1.58. The summed E-state index contributed by atoms with van der Waals surface area (Å²) in [5, 5.41) is 2.99. The molecule has 2 aromatic rings. The highest BCUT2D eigenvalue weighted by molar-refractivity contribution is 5.98. The Hall–Kier alpha value is -2.73. The van der Waals surface area contributed by atoms with Crippen molar-refractivity contribution < 1.29 is 14.3 Å². The van der Waals surface area contributed by atoms with Crippen molar-refractivity contribution in [2.75, 3.05) is 31.6 Å². The van der Waals surface area contributed by atoms with Crippen molar-refractivity contribution in [1.82, 2.24) is 9.88 Å². The van der Waals surface area contributed by atoms with Gasteiger partial charge in [-0.25, -0.2) is 0 Å². The Kier molecular flexibility index (Phi) is 5.13. The molecule has 3 heterocycles. The largest absolute Gasteiger partial charge is 0.381 e. The molecule has 0 radical (unpaired) electrons. The van der Waals surface area contributed by atoms with Crippen LogP contribution in [0.2, 0.25) is 0 Å². The molecule has 2 saturated heterocycles. The summed E-state index contributed by atoms with van der Waals surface area (Å²) < 4.78 is 5.56. The van der Waals surface area contributed by atoms with E-state index in [1.165, 1.54) is 0 Å². The number of ether oxygens (including phenoxy) is 1. The van der Waals surface area contributed by atoms with Gasteiger partial charge in [0.1, 0.15) is 0 Å². The minimum absolute atomic E-state index is 0.000597. The van der Waals surface area contributed by atoms with Gasteiger partial charge in [0.15, 0.2) is 0 Å². The predicted molar refractivity (Wildman–Crippen MR) is 106 cm³/mol. The molecule has 1 aromatic heterocycles. The number of carbonyl (C=O) groups is 2. The summed E-state index contributed by atoms with van der Waals surface area (Å²) in [5.41, 5.74) is 2.11. The van der Waals surface area contributed by atoms with Crippen molar-refractivity contribution in [3.05, 3.63) is 59.9 Å². The van der Waals surface area contributed by atoms with Crippen LogP contribution in [0, 0.1) is 18.3 Å². The molecule has 1 aromatic carbocycles. The molecule has 146 valence electrons. The zero-order chi connectivity index (χ0) is 19.6. The number of benzene rings is 1. The van der Waals surface area contributed by atoms with Crippen LogP contribution >= 0.6 is 0 Å². The molecular weight excluding hydrogens is 354 g/mol. The van der Waals surface area contributed by atoms with Crippen LogP contribution in [0.4, 0.5) is 5.69 Å². The number of pyridine rings is 1. The van der Waals surface area contributed by atoms with Gasteiger partial charge in [0, 0.05) is 43.5 Å². The Labute approximate surface area is 164 Å². The number of amides is 2. The smallest absolute Gasteiger partial charge is 0.254 e. The van der Waals surface area contributed by atoms with Crippen LogP contribution in [0.15, 0.2) is 48.8 Å². The highest BCUT2D eigenvalue weighted by Gasteiger charge is 2.51. The van der Waals surface area contributed by atoms with Crippen LogP contribution in [0.5, 0.6) is 0 Å². The first-order valence-corrected chi connectivity index (χ1v) is 9.73. The van der Waals surface area contributed by atoms with E-state index in [1.807, 2.05) is 42.2 Å². The Bertz CT molecular complexity index is 862. The second-order valence-electron chi connectivity index (χ2n) is 7.76. The molecule has 2 aliphatic rings. The van der Waals surface area contributed by atoms with Crippen LogP contribution in [-0.4, -0.2) is 48.0 Å². The van der Waals surface area contributed by atoms with E-state index in [4.69, 9.17) is 4.74 Å². The van der Waals surface area contributed by atoms with Gasteiger partial charge in [0.05, 0.1) is 17.8 Å². The first-order chi connectivity index (χ1) is 13.6. The minimum atomic E-state index is -0.260. The number of rotatable bonds is 3. The fraction of sp³-hybridized carbons (Fsp3) is 0.409.